The molecule has 2 aromatic rings. The van der Waals surface area contributed by atoms with E-state index in [1.165, 1.54) is 18.7 Å². The lowest BCUT2D eigenvalue weighted by molar-refractivity contribution is 0.392. The number of aromatic nitrogens is 3. The summed E-state index contributed by atoms with van der Waals surface area (Å²) in [5, 5.41) is 16.2. The van der Waals surface area contributed by atoms with Crippen LogP contribution in [0.2, 0.25) is 0 Å². The second kappa shape index (κ2) is 5.52. The fraction of sp³-hybridized carbons (Fsp3) is 0.429. The van der Waals surface area contributed by atoms with Crippen LogP contribution in [0, 0.1) is 25.2 Å². The molecule has 0 spiro atoms. The van der Waals surface area contributed by atoms with E-state index in [2.05, 4.69) is 10.5 Å². The van der Waals surface area contributed by atoms with Crippen molar-refractivity contribution in [2.45, 2.75) is 26.8 Å². The molecule has 8 nitrogen and oxygen atoms in total. The zero-order chi connectivity index (χ0) is 16.6. The zero-order valence-corrected chi connectivity index (χ0v) is 13.1. The Labute approximate surface area is 126 Å². The Morgan fingerprint density at radius 2 is 1.91 bits per heavy atom. The summed E-state index contributed by atoms with van der Waals surface area (Å²) in [4.78, 5) is 24.1. The first-order valence-corrected chi connectivity index (χ1v) is 6.69. The third kappa shape index (κ3) is 2.30. The highest BCUT2D eigenvalue weighted by Crippen LogP contribution is 2.24. The molecule has 0 aliphatic rings. The van der Waals surface area contributed by atoms with Crippen molar-refractivity contribution in [2.75, 3.05) is 5.32 Å². The van der Waals surface area contributed by atoms with E-state index >= 15 is 0 Å². The van der Waals surface area contributed by atoms with Crippen molar-refractivity contribution in [2.24, 2.45) is 14.1 Å². The standard InChI is InChI=1S/C14H17N5O3/c1-7(11-8(2)17-22-9(11)3)16-12-10(6-15)13(20)19(5)14(21)18(12)4/h7,16H,1-5H3. The van der Waals surface area contributed by atoms with E-state index in [0.717, 1.165) is 10.1 Å². The van der Waals surface area contributed by atoms with Crippen LogP contribution in [0.3, 0.4) is 0 Å². The maximum atomic E-state index is 12.1. The van der Waals surface area contributed by atoms with Gasteiger partial charge >= 0.3 is 5.69 Å². The SMILES string of the molecule is Cc1noc(C)c1C(C)Nc1c(C#N)c(=O)n(C)c(=O)n1C. The molecule has 0 aliphatic heterocycles. The summed E-state index contributed by atoms with van der Waals surface area (Å²) in [6.45, 7) is 5.43. The van der Waals surface area contributed by atoms with Crippen LogP contribution >= 0.6 is 0 Å². The van der Waals surface area contributed by atoms with Crippen LogP contribution in [-0.4, -0.2) is 14.3 Å². The van der Waals surface area contributed by atoms with Crippen molar-refractivity contribution in [3.8, 4) is 6.07 Å². The first-order chi connectivity index (χ1) is 10.3. The molecule has 0 radical (unpaired) electrons. The monoisotopic (exact) mass is 303 g/mol. The van der Waals surface area contributed by atoms with Crippen LogP contribution in [0.5, 0.6) is 0 Å². The molecule has 2 rings (SSSR count). The molecule has 8 heteroatoms. The molecule has 116 valence electrons. The fourth-order valence-electron chi connectivity index (χ4n) is 2.50. The Bertz CT molecular complexity index is 862. The molecule has 2 aromatic heterocycles. The van der Waals surface area contributed by atoms with E-state index in [-0.39, 0.29) is 17.4 Å². The summed E-state index contributed by atoms with van der Waals surface area (Å²) in [6.07, 6.45) is 0. The summed E-state index contributed by atoms with van der Waals surface area (Å²) < 4.78 is 7.27. The van der Waals surface area contributed by atoms with Gasteiger partial charge in [-0.1, -0.05) is 5.16 Å². The maximum absolute atomic E-state index is 12.1. The van der Waals surface area contributed by atoms with Gasteiger partial charge in [0, 0.05) is 19.7 Å². The zero-order valence-electron chi connectivity index (χ0n) is 13.1. The smallest absolute Gasteiger partial charge is 0.332 e. The number of nitrogens with one attached hydrogen (secondary N) is 1. The van der Waals surface area contributed by atoms with Gasteiger partial charge in [0.1, 0.15) is 17.6 Å². The highest BCUT2D eigenvalue weighted by molar-refractivity contribution is 5.52. The normalized spacial score (nSPS) is 12.0. The first-order valence-electron chi connectivity index (χ1n) is 6.69. The predicted octanol–water partition coefficient (Wildman–Crippen LogP) is 0.734. The van der Waals surface area contributed by atoms with Crippen molar-refractivity contribution in [3.63, 3.8) is 0 Å². The van der Waals surface area contributed by atoms with Crippen molar-refractivity contribution >= 4 is 5.82 Å². The average Bonchev–Trinajstić information content (AvgIpc) is 2.82. The topological polar surface area (TPSA) is 106 Å². The minimum absolute atomic E-state index is 0.108. The number of nitrogens with zero attached hydrogens (tertiary/aromatic N) is 4. The van der Waals surface area contributed by atoms with Gasteiger partial charge in [-0.25, -0.2) is 4.79 Å². The van der Waals surface area contributed by atoms with Crippen LogP contribution in [0.4, 0.5) is 5.82 Å². The number of anilines is 1. The largest absolute Gasteiger partial charge is 0.363 e. The summed E-state index contributed by atoms with van der Waals surface area (Å²) >= 11 is 0. The van der Waals surface area contributed by atoms with E-state index in [1.54, 1.807) is 13.8 Å². The van der Waals surface area contributed by atoms with Crippen molar-refractivity contribution in [3.05, 3.63) is 43.4 Å². The quantitative estimate of drug-likeness (QED) is 0.896. The Kier molecular flexibility index (Phi) is 3.91. The van der Waals surface area contributed by atoms with Crippen molar-refractivity contribution in [1.82, 2.24) is 14.3 Å². The van der Waals surface area contributed by atoms with Crippen molar-refractivity contribution < 1.29 is 4.52 Å². The molecular weight excluding hydrogens is 286 g/mol. The van der Waals surface area contributed by atoms with E-state index in [1.807, 2.05) is 13.0 Å². The molecule has 0 saturated carbocycles. The summed E-state index contributed by atoms with van der Waals surface area (Å²) in [5.74, 6) is 0.827. The number of nitriles is 1. The summed E-state index contributed by atoms with van der Waals surface area (Å²) in [6, 6.07) is 1.58. The highest BCUT2D eigenvalue weighted by atomic mass is 16.5. The van der Waals surface area contributed by atoms with E-state index in [9.17, 15) is 14.9 Å². The van der Waals surface area contributed by atoms with E-state index < -0.39 is 11.2 Å². The molecule has 0 bridgehead atoms. The molecule has 1 N–H and O–H groups in total. The van der Waals surface area contributed by atoms with Gasteiger partial charge in [0.15, 0.2) is 5.56 Å². The Balaban J connectivity index is 2.58. The van der Waals surface area contributed by atoms with Gasteiger partial charge in [-0.05, 0) is 20.8 Å². The van der Waals surface area contributed by atoms with Crippen LogP contribution < -0.4 is 16.6 Å². The Hall–Kier alpha value is -2.82. The molecule has 0 aromatic carbocycles. The van der Waals surface area contributed by atoms with Crippen LogP contribution in [0.25, 0.3) is 0 Å². The lowest BCUT2D eigenvalue weighted by Gasteiger charge is -2.19. The number of aryl methyl sites for hydroxylation is 2. The van der Waals surface area contributed by atoms with E-state index in [4.69, 9.17) is 4.52 Å². The Morgan fingerprint density at radius 1 is 1.27 bits per heavy atom. The maximum Gasteiger partial charge on any atom is 0.332 e. The number of hydrogen-bond donors (Lipinski definition) is 1. The number of rotatable bonds is 3. The predicted molar refractivity (Wildman–Crippen MR) is 79.7 cm³/mol. The van der Waals surface area contributed by atoms with Gasteiger partial charge in [-0.3, -0.25) is 13.9 Å². The second-order valence-electron chi connectivity index (χ2n) is 5.15. The van der Waals surface area contributed by atoms with Crippen LogP contribution in [0.15, 0.2) is 14.1 Å². The van der Waals surface area contributed by atoms with Crippen LogP contribution in [0.1, 0.15) is 35.5 Å². The molecule has 1 unspecified atom stereocenters. The first kappa shape index (κ1) is 15.6. The minimum Gasteiger partial charge on any atom is -0.363 e. The van der Waals surface area contributed by atoms with Gasteiger partial charge in [-0.15, -0.1) is 0 Å². The third-order valence-corrected chi connectivity index (χ3v) is 3.65. The van der Waals surface area contributed by atoms with Gasteiger partial charge in [0.25, 0.3) is 5.56 Å². The molecule has 22 heavy (non-hydrogen) atoms. The van der Waals surface area contributed by atoms with Gasteiger partial charge in [0.2, 0.25) is 0 Å². The van der Waals surface area contributed by atoms with Gasteiger partial charge < -0.3 is 9.84 Å². The Morgan fingerprint density at radius 3 is 2.41 bits per heavy atom. The number of hydrogen-bond acceptors (Lipinski definition) is 6. The molecule has 1 atom stereocenters. The third-order valence-electron chi connectivity index (χ3n) is 3.65. The van der Waals surface area contributed by atoms with Crippen molar-refractivity contribution in [1.29, 1.82) is 5.26 Å². The lowest BCUT2D eigenvalue weighted by Crippen LogP contribution is -2.40. The molecule has 0 fully saturated rings. The summed E-state index contributed by atoms with van der Waals surface area (Å²) in [7, 11) is 2.85. The molecule has 2 heterocycles. The van der Waals surface area contributed by atoms with Gasteiger partial charge in [-0.2, -0.15) is 5.26 Å². The second-order valence-corrected chi connectivity index (χ2v) is 5.15. The summed E-state index contributed by atoms with van der Waals surface area (Å²) in [5.41, 5.74) is 0.307. The molecule has 0 amide bonds. The highest BCUT2D eigenvalue weighted by Gasteiger charge is 2.21. The average molecular weight is 303 g/mol. The van der Waals surface area contributed by atoms with Gasteiger partial charge in [0.05, 0.1) is 11.7 Å². The molecule has 0 saturated heterocycles. The fourth-order valence-corrected chi connectivity index (χ4v) is 2.50. The molecular formula is C14H17N5O3. The van der Waals surface area contributed by atoms with E-state index in [0.29, 0.717) is 11.5 Å². The minimum atomic E-state index is -0.626. The lowest BCUT2D eigenvalue weighted by atomic mass is 10.1. The molecule has 0 aliphatic carbocycles. The van der Waals surface area contributed by atoms with Crippen LogP contribution in [-0.2, 0) is 14.1 Å².